The van der Waals surface area contributed by atoms with Crippen LogP contribution in [0.2, 0.25) is 0 Å². The molecule has 1 N–H and O–H groups in total. The lowest BCUT2D eigenvalue weighted by Gasteiger charge is -2.25. The quantitative estimate of drug-likeness (QED) is 0.304. The van der Waals surface area contributed by atoms with Crippen molar-refractivity contribution in [3.63, 3.8) is 0 Å². The summed E-state index contributed by atoms with van der Waals surface area (Å²) in [7, 11) is 1.45. The number of phenolic OH excluding ortho intramolecular Hbond substituents is 1. The van der Waals surface area contributed by atoms with Crippen LogP contribution in [-0.2, 0) is 9.53 Å². The van der Waals surface area contributed by atoms with Crippen LogP contribution in [0.25, 0.3) is 6.08 Å². The molecule has 0 fully saturated rings. The molecule has 3 aromatic rings. The van der Waals surface area contributed by atoms with Crippen LogP contribution in [0, 0.1) is 0 Å². The summed E-state index contributed by atoms with van der Waals surface area (Å²) in [5.74, 6) is 0.630. The number of nitrogens with zero attached hydrogens (tertiary/aromatic N) is 2. The van der Waals surface area contributed by atoms with Gasteiger partial charge in [-0.15, -0.1) is 0 Å². The van der Waals surface area contributed by atoms with Gasteiger partial charge < -0.3 is 24.1 Å². The number of carbonyl (C=O) groups is 1. The number of fused-ring (bicyclic) bond motifs is 1. The van der Waals surface area contributed by atoms with Gasteiger partial charge in [0.2, 0.25) is 0 Å². The first-order chi connectivity index (χ1) is 18.8. The fourth-order valence-corrected chi connectivity index (χ4v) is 5.34. The highest BCUT2D eigenvalue weighted by molar-refractivity contribution is 7.07. The number of phenols is 1. The minimum Gasteiger partial charge on any atom is -0.504 e. The predicted molar refractivity (Wildman–Crippen MR) is 148 cm³/mol. The highest BCUT2D eigenvalue weighted by Gasteiger charge is 2.34. The number of benzene rings is 2. The predicted octanol–water partition coefficient (Wildman–Crippen LogP) is 3.48. The van der Waals surface area contributed by atoms with E-state index in [0.29, 0.717) is 50.9 Å². The van der Waals surface area contributed by atoms with Crippen LogP contribution in [-0.4, -0.2) is 42.6 Å². The van der Waals surface area contributed by atoms with Crippen LogP contribution in [0.5, 0.6) is 23.0 Å². The molecule has 1 aromatic heterocycles. The number of para-hydroxylation sites is 1. The van der Waals surface area contributed by atoms with Crippen molar-refractivity contribution in [2.45, 2.75) is 26.8 Å². The first-order valence-electron chi connectivity index (χ1n) is 12.4. The van der Waals surface area contributed by atoms with Crippen molar-refractivity contribution < 1.29 is 28.8 Å². The molecule has 39 heavy (non-hydrogen) atoms. The highest BCUT2D eigenvalue weighted by Crippen LogP contribution is 2.36. The van der Waals surface area contributed by atoms with E-state index in [1.54, 1.807) is 62.4 Å². The summed E-state index contributed by atoms with van der Waals surface area (Å²) in [5, 5.41) is 10.6. The number of methoxy groups -OCH3 is 1. The van der Waals surface area contributed by atoms with Crippen molar-refractivity contribution in [2.75, 3.05) is 26.9 Å². The second-order valence-corrected chi connectivity index (χ2v) is 9.45. The molecule has 1 aliphatic heterocycles. The summed E-state index contributed by atoms with van der Waals surface area (Å²) in [4.78, 5) is 32.0. The molecule has 9 nitrogen and oxygen atoms in total. The minimum absolute atomic E-state index is 0.0813. The van der Waals surface area contributed by atoms with Crippen LogP contribution in [0.4, 0.5) is 0 Å². The molecule has 0 aliphatic carbocycles. The van der Waals surface area contributed by atoms with Gasteiger partial charge in [-0.1, -0.05) is 42.2 Å². The number of hydrogen-bond donors (Lipinski definition) is 1. The summed E-state index contributed by atoms with van der Waals surface area (Å²) >= 11 is 1.16. The molecule has 0 spiro atoms. The fourth-order valence-electron chi connectivity index (χ4n) is 4.30. The lowest BCUT2D eigenvalue weighted by molar-refractivity contribution is -0.139. The third-order valence-electron chi connectivity index (χ3n) is 5.99. The van der Waals surface area contributed by atoms with Crippen molar-refractivity contribution in [3.8, 4) is 23.0 Å². The Morgan fingerprint density at radius 1 is 1.15 bits per heavy atom. The van der Waals surface area contributed by atoms with Gasteiger partial charge in [-0.25, -0.2) is 9.79 Å². The van der Waals surface area contributed by atoms with E-state index in [-0.39, 0.29) is 29.2 Å². The van der Waals surface area contributed by atoms with E-state index >= 15 is 0 Å². The molecular weight excluding hydrogens is 520 g/mol. The molecule has 204 valence electrons. The SMILES string of the molecule is C=CCOc1ccc([C@H]2C(C(=O)OCC)=C(C)N=c3s/c(=C\c4cccc(OC)c4O)c(=O)n32)cc1OCC. The molecule has 1 atom stereocenters. The van der Waals surface area contributed by atoms with E-state index in [1.165, 1.54) is 11.7 Å². The molecule has 0 radical (unpaired) electrons. The lowest BCUT2D eigenvalue weighted by Crippen LogP contribution is -2.40. The van der Waals surface area contributed by atoms with Crippen LogP contribution < -0.4 is 29.1 Å². The van der Waals surface area contributed by atoms with Crippen molar-refractivity contribution in [1.29, 1.82) is 0 Å². The normalized spacial score (nSPS) is 14.9. The van der Waals surface area contributed by atoms with Gasteiger partial charge in [-0.3, -0.25) is 9.36 Å². The first-order valence-corrected chi connectivity index (χ1v) is 13.2. The smallest absolute Gasteiger partial charge is 0.338 e. The second-order valence-electron chi connectivity index (χ2n) is 8.44. The third-order valence-corrected chi connectivity index (χ3v) is 6.98. The molecule has 4 rings (SSSR count). The van der Waals surface area contributed by atoms with Crippen molar-refractivity contribution in [2.24, 2.45) is 4.99 Å². The summed E-state index contributed by atoms with van der Waals surface area (Å²) in [6, 6.07) is 9.49. The standard InChI is InChI=1S/C29H30N2O7S/c1-6-14-38-20-13-12-18(15-22(20)36-7-2)25-24(28(34)37-8-3)17(4)30-29-31(25)27(33)23(39-29)16-19-10-9-11-21(35-5)26(19)32/h6,9-13,15-16,25,32H,1,7-8,14H2,2-5H3/b23-16-/t25-/m0/s1. The van der Waals surface area contributed by atoms with E-state index in [2.05, 4.69) is 11.6 Å². The fraction of sp³-hybridized carbons (Fsp3) is 0.276. The third kappa shape index (κ3) is 5.46. The van der Waals surface area contributed by atoms with Crippen molar-refractivity contribution >= 4 is 23.4 Å². The molecule has 0 bridgehead atoms. The molecule has 10 heteroatoms. The number of esters is 1. The van der Waals surface area contributed by atoms with Crippen LogP contribution in [0.1, 0.15) is 37.9 Å². The van der Waals surface area contributed by atoms with Crippen LogP contribution in [0.3, 0.4) is 0 Å². The van der Waals surface area contributed by atoms with Crippen LogP contribution in [0.15, 0.2) is 70.1 Å². The van der Waals surface area contributed by atoms with Gasteiger partial charge in [0, 0.05) is 5.56 Å². The largest absolute Gasteiger partial charge is 0.504 e. The summed E-state index contributed by atoms with van der Waals surface area (Å²) in [6.07, 6.45) is 3.21. The van der Waals surface area contributed by atoms with Crippen LogP contribution >= 0.6 is 11.3 Å². The number of carbonyl (C=O) groups excluding carboxylic acids is 1. The van der Waals surface area contributed by atoms with Gasteiger partial charge >= 0.3 is 5.97 Å². The van der Waals surface area contributed by atoms with Crippen molar-refractivity contribution in [3.05, 3.63) is 91.1 Å². The number of aromatic hydroxyl groups is 1. The molecular formula is C29H30N2O7S. The van der Waals surface area contributed by atoms with Gasteiger partial charge in [-0.2, -0.15) is 0 Å². The first kappa shape index (κ1) is 27.7. The Hall–Kier alpha value is -4.31. The Balaban J connectivity index is 1.95. The molecule has 0 saturated carbocycles. The zero-order valence-electron chi connectivity index (χ0n) is 22.2. The minimum atomic E-state index is -0.825. The number of allylic oxidation sites excluding steroid dienone is 1. The lowest BCUT2D eigenvalue weighted by atomic mass is 9.95. The maximum Gasteiger partial charge on any atom is 0.338 e. The van der Waals surface area contributed by atoms with E-state index in [0.717, 1.165) is 11.3 Å². The Morgan fingerprint density at radius 2 is 1.95 bits per heavy atom. The van der Waals surface area contributed by atoms with E-state index in [4.69, 9.17) is 18.9 Å². The Bertz CT molecular complexity index is 1620. The molecule has 2 aromatic carbocycles. The number of rotatable bonds is 10. The van der Waals surface area contributed by atoms with E-state index < -0.39 is 12.0 Å². The summed E-state index contributed by atoms with van der Waals surface area (Å²) in [5.41, 5.74) is 1.37. The van der Waals surface area contributed by atoms with Gasteiger partial charge in [-0.05, 0) is 50.6 Å². The van der Waals surface area contributed by atoms with Crippen molar-refractivity contribution in [1.82, 2.24) is 4.57 Å². The molecule has 0 unspecified atom stereocenters. The van der Waals surface area contributed by atoms with Gasteiger partial charge in [0.05, 0.1) is 42.2 Å². The average molecular weight is 551 g/mol. The molecule has 2 heterocycles. The molecule has 0 amide bonds. The number of ether oxygens (including phenoxy) is 4. The second kappa shape index (κ2) is 12.0. The van der Waals surface area contributed by atoms with E-state index in [1.807, 2.05) is 6.92 Å². The zero-order valence-corrected chi connectivity index (χ0v) is 23.0. The monoisotopic (exact) mass is 550 g/mol. The molecule has 1 aliphatic rings. The Morgan fingerprint density at radius 3 is 2.64 bits per heavy atom. The summed E-state index contributed by atoms with van der Waals surface area (Å²) in [6.45, 7) is 9.82. The number of aromatic nitrogens is 1. The number of hydrogen-bond acceptors (Lipinski definition) is 9. The van der Waals surface area contributed by atoms with E-state index in [9.17, 15) is 14.7 Å². The number of thiazole rings is 1. The molecule has 0 saturated heterocycles. The topological polar surface area (TPSA) is 109 Å². The van der Waals surface area contributed by atoms with Gasteiger partial charge in [0.1, 0.15) is 6.61 Å². The van der Waals surface area contributed by atoms with Gasteiger partial charge in [0.15, 0.2) is 27.8 Å². The Labute approximate surface area is 229 Å². The maximum absolute atomic E-state index is 13.8. The average Bonchev–Trinajstić information content (AvgIpc) is 3.22. The summed E-state index contributed by atoms with van der Waals surface area (Å²) < 4.78 is 23.9. The zero-order chi connectivity index (χ0) is 28.1. The van der Waals surface area contributed by atoms with Gasteiger partial charge in [0.25, 0.3) is 5.56 Å². The maximum atomic E-state index is 13.8. The Kier molecular flexibility index (Phi) is 8.55. The highest BCUT2D eigenvalue weighted by atomic mass is 32.1.